The van der Waals surface area contributed by atoms with Gasteiger partial charge in [-0.3, -0.25) is 0 Å². The second-order valence-corrected chi connectivity index (χ2v) is 8.67. The molecule has 2 aromatic rings. The first-order chi connectivity index (χ1) is 11.1. The summed E-state index contributed by atoms with van der Waals surface area (Å²) >= 11 is 7.41. The van der Waals surface area contributed by atoms with Gasteiger partial charge in [0.2, 0.25) is 10.0 Å². The SMILES string of the molecule is Cl.Cl.O=S(=O)(NCCCN1CCNCC1)c1csc2ccc(Cl)cc12. The summed E-state index contributed by atoms with van der Waals surface area (Å²) in [4.78, 5) is 2.67. The molecule has 1 aromatic heterocycles. The minimum absolute atomic E-state index is 0. The quantitative estimate of drug-likeness (QED) is 0.670. The zero-order chi connectivity index (χ0) is 16.3. The van der Waals surface area contributed by atoms with Gasteiger partial charge in [-0.1, -0.05) is 11.6 Å². The highest BCUT2D eigenvalue weighted by atomic mass is 35.5. The van der Waals surface area contributed by atoms with E-state index in [-0.39, 0.29) is 24.8 Å². The average molecular weight is 447 g/mol. The van der Waals surface area contributed by atoms with Gasteiger partial charge in [0.25, 0.3) is 0 Å². The van der Waals surface area contributed by atoms with Crippen LogP contribution < -0.4 is 10.0 Å². The number of sulfonamides is 1. The van der Waals surface area contributed by atoms with Gasteiger partial charge in [0.05, 0.1) is 0 Å². The predicted octanol–water partition coefficient (Wildman–Crippen LogP) is 2.97. The average Bonchev–Trinajstić information content (AvgIpc) is 2.96. The Balaban J connectivity index is 0.00000156. The summed E-state index contributed by atoms with van der Waals surface area (Å²) < 4.78 is 28.6. The van der Waals surface area contributed by atoms with Crippen molar-refractivity contribution in [1.82, 2.24) is 14.9 Å². The molecular formula is C15H22Cl3N3O2S2. The van der Waals surface area contributed by atoms with Crippen LogP contribution in [0.3, 0.4) is 0 Å². The molecule has 0 saturated carbocycles. The van der Waals surface area contributed by atoms with E-state index < -0.39 is 10.0 Å². The second-order valence-electron chi connectivity index (χ2n) is 5.58. The molecule has 1 saturated heterocycles. The van der Waals surface area contributed by atoms with E-state index in [4.69, 9.17) is 11.6 Å². The molecule has 2 N–H and O–H groups in total. The van der Waals surface area contributed by atoms with E-state index in [1.807, 2.05) is 6.07 Å². The Labute approximate surface area is 170 Å². The summed E-state index contributed by atoms with van der Waals surface area (Å²) in [6.07, 6.45) is 0.808. The molecular weight excluding hydrogens is 425 g/mol. The summed E-state index contributed by atoms with van der Waals surface area (Å²) in [7, 11) is -3.49. The van der Waals surface area contributed by atoms with Gasteiger partial charge in [0, 0.05) is 53.2 Å². The molecule has 1 aliphatic heterocycles. The fourth-order valence-corrected chi connectivity index (χ4v) is 5.43. The highest BCUT2D eigenvalue weighted by Crippen LogP contribution is 2.31. The van der Waals surface area contributed by atoms with Crippen LogP contribution in [0.4, 0.5) is 0 Å². The van der Waals surface area contributed by atoms with Crippen molar-refractivity contribution in [3.8, 4) is 0 Å². The summed E-state index contributed by atoms with van der Waals surface area (Å²) in [5, 5.41) is 6.23. The summed E-state index contributed by atoms with van der Waals surface area (Å²) in [5.41, 5.74) is 0. The molecule has 0 radical (unpaired) electrons. The Morgan fingerprint density at radius 2 is 1.96 bits per heavy atom. The molecule has 10 heteroatoms. The van der Waals surface area contributed by atoms with Crippen LogP contribution in [0.2, 0.25) is 5.02 Å². The van der Waals surface area contributed by atoms with Crippen molar-refractivity contribution in [3.05, 3.63) is 28.6 Å². The number of rotatable bonds is 6. The van der Waals surface area contributed by atoms with E-state index in [0.29, 0.717) is 21.8 Å². The fourth-order valence-electron chi connectivity index (χ4n) is 2.71. The number of hydrogen-bond acceptors (Lipinski definition) is 5. The minimum atomic E-state index is -3.49. The maximum atomic E-state index is 12.5. The smallest absolute Gasteiger partial charge is 0.242 e. The van der Waals surface area contributed by atoms with Gasteiger partial charge in [-0.05, 0) is 31.2 Å². The first kappa shape index (κ1) is 22.9. The Hall–Kier alpha value is -0.120. The highest BCUT2D eigenvalue weighted by molar-refractivity contribution is 7.90. The first-order valence-electron chi connectivity index (χ1n) is 7.66. The highest BCUT2D eigenvalue weighted by Gasteiger charge is 2.19. The van der Waals surface area contributed by atoms with Crippen LogP contribution in [-0.4, -0.2) is 52.6 Å². The Bertz CT molecular complexity index is 777. The van der Waals surface area contributed by atoms with Gasteiger partial charge in [0.1, 0.15) is 4.90 Å². The van der Waals surface area contributed by atoms with Gasteiger partial charge >= 0.3 is 0 Å². The lowest BCUT2D eigenvalue weighted by molar-refractivity contribution is 0.239. The van der Waals surface area contributed by atoms with Gasteiger partial charge in [-0.15, -0.1) is 36.2 Å². The summed E-state index contributed by atoms with van der Waals surface area (Å²) in [5.74, 6) is 0. The molecule has 3 rings (SSSR count). The standard InChI is InChI=1S/C15H20ClN3O2S2.2ClH/c16-12-2-3-14-13(10-12)15(11-22-14)23(20,21)18-4-1-7-19-8-5-17-6-9-19;;/h2-3,10-11,17-18H,1,4-9H2;2*1H. The van der Waals surface area contributed by atoms with E-state index >= 15 is 0 Å². The van der Waals surface area contributed by atoms with E-state index in [1.54, 1.807) is 17.5 Å². The van der Waals surface area contributed by atoms with Crippen LogP contribution in [0, 0.1) is 0 Å². The molecule has 5 nitrogen and oxygen atoms in total. The Morgan fingerprint density at radius 1 is 1.24 bits per heavy atom. The molecule has 0 amide bonds. The number of hydrogen-bond donors (Lipinski definition) is 2. The van der Waals surface area contributed by atoms with Crippen molar-refractivity contribution in [1.29, 1.82) is 0 Å². The number of benzene rings is 1. The number of piperazine rings is 1. The van der Waals surface area contributed by atoms with Crippen molar-refractivity contribution in [2.24, 2.45) is 0 Å². The van der Waals surface area contributed by atoms with E-state index in [1.165, 1.54) is 11.3 Å². The van der Waals surface area contributed by atoms with E-state index in [0.717, 1.165) is 43.8 Å². The lowest BCUT2D eigenvalue weighted by Gasteiger charge is -2.27. The maximum absolute atomic E-state index is 12.5. The molecule has 0 unspecified atom stereocenters. The number of nitrogens with zero attached hydrogens (tertiary/aromatic N) is 1. The van der Waals surface area contributed by atoms with Gasteiger partial charge in [-0.2, -0.15) is 0 Å². The van der Waals surface area contributed by atoms with Crippen LogP contribution >= 0.6 is 47.8 Å². The number of fused-ring (bicyclic) bond motifs is 1. The largest absolute Gasteiger partial charge is 0.314 e. The van der Waals surface area contributed by atoms with Gasteiger partial charge in [-0.25, -0.2) is 13.1 Å². The zero-order valence-corrected chi connectivity index (χ0v) is 17.6. The van der Waals surface area contributed by atoms with Crippen LogP contribution in [0.5, 0.6) is 0 Å². The Kier molecular flexibility index (Phi) is 9.42. The minimum Gasteiger partial charge on any atom is -0.314 e. The normalized spacial score (nSPS) is 15.6. The zero-order valence-electron chi connectivity index (χ0n) is 13.5. The Morgan fingerprint density at radius 3 is 2.68 bits per heavy atom. The lowest BCUT2D eigenvalue weighted by Crippen LogP contribution is -2.44. The molecule has 1 fully saturated rings. The molecule has 1 aliphatic rings. The number of halogens is 3. The molecule has 0 aliphatic carbocycles. The third-order valence-corrected chi connectivity index (χ3v) is 6.79. The van der Waals surface area contributed by atoms with Crippen molar-refractivity contribution in [3.63, 3.8) is 0 Å². The summed E-state index contributed by atoms with van der Waals surface area (Å²) in [6.45, 7) is 5.44. The van der Waals surface area contributed by atoms with Crippen molar-refractivity contribution in [2.45, 2.75) is 11.3 Å². The van der Waals surface area contributed by atoms with E-state index in [9.17, 15) is 8.42 Å². The number of thiophene rings is 1. The number of nitrogens with one attached hydrogen (secondary N) is 2. The summed E-state index contributed by atoms with van der Waals surface area (Å²) in [6, 6.07) is 5.34. The lowest BCUT2D eigenvalue weighted by atomic mass is 10.3. The van der Waals surface area contributed by atoms with E-state index in [2.05, 4.69) is 14.9 Å². The van der Waals surface area contributed by atoms with Gasteiger partial charge < -0.3 is 10.2 Å². The van der Waals surface area contributed by atoms with Crippen molar-refractivity contribution in [2.75, 3.05) is 39.3 Å². The van der Waals surface area contributed by atoms with Crippen molar-refractivity contribution >= 4 is 67.9 Å². The molecule has 0 bridgehead atoms. The topological polar surface area (TPSA) is 61.4 Å². The van der Waals surface area contributed by atoms with Gasteiger partial charge in [0.15, 0.2) is 0 Å². The van der Waals surface area contributed by atoms with Crippen LogP contribution in [0.15, 0.2) is 28.5 Å². The molecule has 0 spiro atoms. The first-order valence-corrected chi connectivity index (χ1v) is 10.4. The van der Waals surface area contributed by atoms with Crippen LogP contribution in [0.25, 0.3) is 10.1 Å². The molecule has 25 heavy (non-hydrogen) atoms. The monoisotopic (exact) mass is 445 g/mol. The van der Waals surface area contributed by atoms with Crippen molar-refractivity contribution < 1.29 is 8.42 Å². The third-order valence-electron chi connectivity index (χ3n) is 3.94. The predicted molar refractivity (Wildman–Crippen MR) is 110 cm³/mol. The fraction of sp³-hybridized carbons (Fsp3) is 0.467. The molecule has 2 heterocycles. The maximum Gasteiger partial charge on any atom is 0.242 e. The molecule has 1 aromatic carbocycles. The molecule has 0 atom stereocenters. The van der Waals surface area contributed by atoms with Crippen LogP contribution in [-0.2, 0) is 10.0 Å². The molecule has 142 valence electrons. The van der Waals surface area contributed by atoms with Crippen LogP contribution in [0.1, 0.15) is 6.42 Å². The second kappa shape index (κ2) is 10.3. The third kappa shape index (κ3) is 5.94.